The summed E-state index contributed by atoms with van der Waals surface area (Å²) < 4.78 is 32.4. The van der Waals surface area contributed by atoms with Crippen LogP contribution in [-0.2, 0) is 22.1 Å². The van der Waals surface area contributed by atoms with Crippen molar-refractivity contribution in [3.8, 4) is 0 Å². The Bertz CT molecular complexity index is 1420. The topological polar surface area (TPSA) is 79.4 Å². The number of nitrogens with one attached hydrogen (secondary N) is 2. The molecule has 0 saturated carbocycles. The van der Waals surface area contributed by atoms with Crippen molar-refractivity contribution in [1.29, 1.82) is 0 Å². The number of aromatic nitrogens is 2. The predicted molar refractivity (Wildman–Crippen MR) is 151 cm³/mol. The number of likely N-dealkylation sites (tertiary alicyclic amines) is 1. The second-order valence-electron chi connectivity index (χ2n) is 10.9. The van der Waals surface area contributed by atoms with Crippen molar-refractivity contribution < 1.29 is 13.7 Å². The maximum absolute atomic E-state index is 13.9. The van der Waals surface area contributed by atoms with Gasteiger partial charge in [-0.05, 0) is 86.9 Å². The maximum Gasteiger partial charge on any atom is 0.229 e. The number of benzene rings is 2. The highest BCUT2D eigenvalue weighted by atomic mass is 35.5. The van der Waals surface area contributed by atoms with Gasteiger partial charge in [-0.2, -0.15) is 4.98 Å². The van der Waals surface area contributed by atoms with E-state index in [0.29, 0.717) is 46.0 Å². The Hall–Kier alpha value is -2.51. The molecule has 6 rings (SSSR count). The van der Waals surface area contributed by atoms with Gasteiger partial charge in [0.1, 0.15) is 18.0 Å². The van der Waals surface area contributed by atoms with E-state index in [1.165, 1.54) is 42.3 Å². The van der Waals surface area contributed by atoms with Crippen LogP contribution < -0.4 is 15.9 Å². The van der Waals surface area contributed by atoms with Crippen LogP contribution in [0.5, 0.6) is 0 Å². The third kappa shape index (κ3) is 5.32. The molecule has 3 aliphatic rings. The minimum Gasteiger partial charge on any atom is -0.375 e. The van der Waals surface area contributed by atoms with Gasteiger partial charge in [0.25, 0.3) is 0 Å². The minimum absolute atomic E-state index is 0.307. The minimum atomic E-state index is -2.75. The molecule has 2 aromatic carbocycles. The molecule has 7 nitrogen and oxygen atoms in total. The number of hydrogen-bond donors (Lipinski definition) is 2. The summed E-state index contributed by atoms with van der Waals surface area (Å²) in [7, 11) is -2.75. The molecule has 2 bridgehead atoms. The van der Waals surface area contributed by atoms with E-state index < -0.39 is 13.0 Å². The molecule has 2 N–H and O–H groups in total. The van der Waals surface area contributed by atoms with E-state index in [9.17, 15) is 8.96 Å². The lowest BCUT2D eigenvalue weighted by Crippen LogP contribution is -2.44. The fourth-order valence-corrected chi connectivity index (χ4v) is 7.29. The summed E-state index contributed by atoms with van der Waals surface area (Å²) >= 11 is 6.38. The monoisotopic (exact) mass is 555 g/mol. The van der Waals surface area contributed by atoms with E-state index in [1.807, 2.05) is 0 Å². The van der Waals surface area contributed by atoms with Crippen molar-refractivity contribution in [2.24, 2.45) is 0 Å². The summed E-state index contributed by atoms with van der Waals surface area (Å²) in [6, 6.07) is 11.8. The van der Waals surface area contributed by atoms with Crippen LogP contribution >= 0.6 is 18.7 Å². The molecule has 3 heterocycles. The largest absolute Gasteiger partial charge is 0.375 e. The van der Waals surface area contributed by atoms with Crippen LogP contribution in [0.1, 0.15) is 30.4 Å². The summed E-state index contributed by atoms with van der Waals surface area (Å²) in [6.45, 7) is 5.17. The standard InChI is InChI=1S/C28H32ClFN5O2P/c1-38(2,36)26-12-19(30)6-10-25(26)33-27-24(29)14-31-28(34-27)32-20-7-3-17-4-8-21(9-5-18(17)11-20)35-15-23-13-22(35)16-37-23/h3,6-7,10-12,14,21-23H,4-5,8-9,13,15-16H2,1-2H3,(H2,31,32,33,34). The lowest BCUT2D eigenvalue weighted by molar-refractivity contribution is 0.00854. The molecule has 0 radical (unpaired) electrons. The van der Waals surface area contributed by atoms with Crippen molar-refractivity contribution in [3.05, 3.63) is 64.6 Å². The van der Waals surface area contributed by atoms with Crippen LogP contribution in [0.15, 0.2) is 42.6 Å². The average Bonchev–Trinajstić information content (AvgIpc) is 3.45. The Kier molecular flexibility index (Phi) is 6.93. The van der Waals surface area contributed by atoms with Gasteiger partial charge in [-0.1, -0.05) is 17.7 Å². The molecule has 0 spiro atoms. The first-order valence-corrected chi connectivity index (χ1v) is 16.1. The van der Waals surface area contributed by atoms with Crippen LogP contribution in [0.25, 0.3) is 0 Å². The van der Waals surface area contributed by atoms with E-state index >= 15 is 0 Å². The van der Waals surface area contributed by atoms with Crippen LogP contribution in [0.3, 0.4) is 0 Å². The number of fused-ring (bicyclic) bond motifs is 3. The third-order valence-electron chi connectivity index (χ3n) is 7.91. The SMILES string of the molecule is CP(C)(=O)c1cc(F)ccc1Nc1nc(Nc2ccc3c(c2)CCC(N2CC4CC2CO4)CC3)ncc1Cl. The summed E-state index contributed by atoms with van der Waals surface area (Å²) in [5, 5.41) is 7.14. The Balaban J connectivity index is 1.18. The molecule has 0 amide bonds. The molecule has 2 saturated heterocycles. The van der Waals surface area contributed by atoms with E-state index in [0.717, 1.165) is 38.1 Å². The first kappa shape index (κ1) is 25.8. The molecule has 3 unspecified atom stereocenters. The Morgan fingerprint density at radius 2 is 1.89 bits per heavy atom. The fourth-order valence-electron chi connectivity index (χ4n) is 6.00. The van der Waals surface area contributed by atoms with Gasteiger partial charge in [0.2, 0.25) is 5.95 Å². The summed E-state index contributed by atoms with van der Waals surface area (Å²) in [6.07, 6.45) is 7.61. The lowest BCUT2D eigenvalue weighted by atomic mass is 10.0. The van der Waals surface area contributed by atoms with Gasteiger partial charge in [0, 0.05) is 29.6 Å². The molecular weight excluding hydrogens is 524 g/mol. The molecule has 200 valence electrons. The zero-order chi connectivity index (χ0) is 26.4. The normalized spacial score (nSPS) is 23.2. The lowest BCUT2D eigenvalue weighted by Gasteiger charge is -2.34. The molecule has 2 fully saturated rings. The van der Waals surface area contributed by atoms with Gasteiger partial charge in [-0.25, -0.2) is 9.37 Å². The molecule has 2 aliphatic heterocycles. The Labute approximate surface area is 227 Å². The van der Waals surface area contributed by atoms with Crippen LogP contribution in [-0.4, -0.2) is 59.5 Å². The first-order chi connectivity index (χ1) is 18.2. The van der Waals surface area contributed by atoms with Gasteiger partial charge < -0.3 is 19.9 Å². The average molecular weight is 556 g/mol. The van der Waals surface area contributed by atoms with Crippen LogP contribution in [0.4, 0.5) is 27.5 Å². The van der Waals surface area contributed by atoms with Gasteiger partial charge in [0.15, 0.2) is 5.82 Å². The van der Waals surface area contributed by atoms with E-state index in [-0.39, 0.29) is 0 Å². The zero-order valence-corrected chi connectivity index (χ0v) is 23.2. The number of rotatable bonds is 6. The smallest absolute Gasteiger partial charge is 0.229 e. The molecule has 10 heteroatoms. The highest BCUT2D eigenvalue weighted by Crippen LogP contribution is 2.39. The number of nitrogens with zero attached hydrogens (tertiary/aromatic N) is 3. The number of morpholine rings is 1. The number of anilines is 4. The van der Waals surface area contributed by atoms with Gasteiger partial charge >= 0.3 is 0 Å². The van der Waals surface area contributed by atoms with Crippen molar-refractivity contribution in [2.75, 3.05) is 37.1 Å². The molecule has 3 atom stereocenters. The summed E-state index contributed by atoms with van der Waals surface area (Å²) in [4.78, 5) is 11.6. The van der Waals surface area contributed by atoms with Crippen molar-refractivity contribution in [1.82, 2.24) is 14.9 Å². The first-order valence-electron chi connectivity index (χ1n) is 13.1. The van der Waals surface area contributed by atoms with E-state index in [2.05, 4.69) is 43.7 Å². The number of halogens is 2. The highest BCUT2D eigenvalue weighted by Gasteiger charge is 2.42. The fraction of sp³-hybridized carbons (Fsp3) is 0.429. The number of ether oxygens (including phenoxy) is 1. The quantitative estimate of drug-likeness (QED) is 0.297. The second kappa shape index (κ2) is 10.2. The number of hydrogen-bond acceptors (Lipinski definition) is 7. The van der Waals surface area contributed by atoms with Gasteiger partial charge in [-0.3, -0.25) is 4.90 Å². The third-order valence-corrected chi connectivity index (χ3v) is 9.71. The Morgan fingerprint density at radius 1 is 1.08 bits per heavy atom. The van der Waals surface area contributed by atoms with Crippen molar-refractivity contribution in [3.63, 3.8) is 0 Å². The number of aryl methyl sites for hydroxylation is 2. The molecular formula is C28H32ClFN5O2P. The maximum atomic E-state index is 13.9. The second-order valence-corrected chi connectivity index (χ2v) is 14.5. The molecule has 1 aromatic heterocycles. The summed E-state index contributed by atoms with van der Waals surface area (Å²) in [5.41, 5.74) is 4.19. The molecule has 3 aromatic rings. The highest BCUT2D eigenvalue weighted by molar-refractivity contribution is 7.70. The zero-order valence-electron chi connectivity index (χ0n) is 21.6. The van der Waals surface area contributed by atoms with Crippen LogP contribution in [0, 0.1) is 5.82 Å². The van der Waals surface area contributed by atoms with Gasteiger partial charge in [-0.15, -0.1) is 0 Å². The Morgan fingerprint density at radius 3 is 2.63 bits per heavy atom. The predicted octanol–water partition coefficient (Wildman–Crippen LogP) is 5.72. The van der Waals surface area contributed by atoms with Crippen LogP contribution in [0.2, 0.25) is 5.02 Å². The van der Waals surface area contributed by atoms with Crippen molar-refractivity contribution in [2.45, 2.75) is 50.3 Å². The van der Waals surface area contributed by atoms with Gasteiger partial charge in [0.05, 0.1) is 24.6 Å². The molecule has 38 heavy (non-hydrogen) atoms. The van der Waals surface area contributed by atoms with E-state index in [1.54, 1.807) is 19.4 Å². The molecule has 1 aliphatic carbocycles. The van der Waals surface area contributed by atoms with E-state index in [4.69, 9.17) is 16.3 Å². The van der Waals surface area contributed by atoms with Crippen molar-refractivity contribution >= 4 is 47.2 Å². The summed E-state index contributed by atoms with van der Waals surface area (Å²) in [5.74, 6) is 0.296.